The maximum atomic E-state index is 12.7. The zero-order chi connectivity index (χ0) is 22.4. The molecule has 0 aliphatic rings. The van der Waals surface area contributed by atoms with E-state index < -0.39 is 35.9 Å². The Kier molecular flexibility index (Phi) is 13.4. The Balaban J connectivity index is 5.05. The summed E-state index contributed by atoms with van der Waals surface area (Å²) in [6.45, 7) is 4.50. The molecular weight excluding hydrogens is 378 g/mol. The van der Waals surface area contributed by atoms with Crippen LogP contribution in [0.2, 0.25) is 0 Å². The second-order valence-corrected chi connectivity index (χ2v) is 7.43. The number of aliphatic imine (C=N–C) groups is 1. The topological polar surface area (TPSA) is 212 Å². The number of nitrogens with two attached hydrogens (primary N) is 4. The van der Waals surface area contributed by atoms with E-state index in [4.69, 9.17) is 22.9 Å². The molecule has 0 bridgehead atoms. The van der Waals surface area contributed by atoms with E-state index in [-0.39, 0.29) is 31.3 Å². The van der Waals surface area contributed by atoms with Crippen molar-refractivity contribution in [3.63, 3.8) is 0 Å². The molecule has 0 aliphatic heterocycles. The van der Waals surface area contributed by atoms with Crippen molar-refractivity contribution < 1.29 is 19.5 Å². The van der Waals surface area contributed by atoms with Gasteiger partial charge in [0, 0.05) is 6.54 Å². The number of nitrogens with one attached hydrogen (secondary N) is 2. The summed E-state index contributed by atoms with van der Waals surface area (Å²) in [7, 11) is 0. The number of carboxylic acids is 1. The molecule has 0 spiro atoms. The zero-order valence-corrected chi connectivity index (χ0v) is 17.4. The van der Waals surface area contributed by atoms with Gasteiger partial charge in [0.15, 0.2) is 5.96 Å². The molecule has 0 aliphatic carbocycles. The third-order valence-electron chi connectivity index (χ3n) is 4.21. The van der Waals surface area contributed by atoms with Crippen LogP contribution in [0, 0.1) is 5.92 Å². The lowest BCUT2D eigenvalue weighted by Gasteiger charge is -2.23. The van der Waals surface area contributed by atoms with E-state index >= 15 is 0 Å². The first-order valence-electron chi connectivity index (χ1n) is 9.93. The average Bonchev–Trinajstić information content (AvgIpc) is 2.62. The first-order valence-corrected chi connectivity index (χ1v) is 9.93. The summed E-state index contributed by atoms with van der Waals surface area (Å²) < 4.78 is 0. The van der Waals surface area contributed by atoms with Crippen molar-refractivity contribution in [1.29, 1.82) is 0 Å². The first kappa shape index (κ1) is 26.6. The van der Waals surface area contributed by atoms with Crippen molar-refractivity contribution in [2.75, 3.05) is 13.1 Å². The minimum atomic E-state index is -1.13. The fourth-order valence-electron chi connectivity index (χ4n) is 2.66. The van der Waals surface area contributed by atoms with E-state index in [0.717, 1.165) is 6.42 Å². The van der Waals surface area contributed by atoms with Gasteiger partial charge in [-0.25, -0.2) is 4.79 Å². The van der Waals surface area contributed by atoms with Gasteiger partial charge in [0.05, 0.1) is 6.04 Å². The number of rotatable bonds is 15. The second kappa shape index (κ2) is 14.6. The van der Waals surface area contributed by atoms with Crippen LogP contribution in [0.15, 0.2) is 4.99 Å². The van der Waals surface area contributed by atoms with E-state index in [0.29, 0.717) is 25.8 Å². The Morgan fingerprint density at radius 3 is 2.10 bits per heavy atom. The minimum absolute atomic E-state index is 0.0696. The Morgan fingerprint density at radius 1 is 0.966 bits per heavy atom. The molecule has 0 rings (SSSR count). The average molecular weight is 416 g/mol. The number of unbranched alkanes of at least 4 members (excludes halogenated alkanes) is 1. The summed E-state index contributed by atoms with van der Waals surface area (Å²) in [5.41, 5.74) is 21.9. The van der Waals surface area contributed by atoms with Crippen LogP contribution >= 0.6 is 0 Å². The molecule has 2 amide bonds. The molecule has 0 aromatic heterocycles. The normalized spacial score (nSPS) is 14.0. The van der Waals surface area contributed by atoms with Gasteiger partial charge in [-0.3, -0.25) is 14.6 Å². The predicted molar refractivity (Wildman–Crippen MR) is 112 cm³/mol. The molecule has 0 fully saturated rings. The SMILES string of the molecule is CC(C)CC(NC(=O)C(CCCN=C(N)N)NC(=O)C(N)CCCCN)C(=O)O. The molecule has 0 heterocycles. The highest BCUT2D eigenvalue weighted by Gasteiger charge is 2.28. The molecule has 11 heteroatoms. The summed E-state index contributed by atoms with van der Waals surface area (Å²) in [4.78, 5) is 40.3. The number of hydrogen-bond donors (Lipinski definition) is 7. The summed E-state index contributed by atoms with van der Waals surface area (Å²) >= 11 is 0. The monoisotopic (exact) mass is 415 g/mol. The zero-order valence-electron chi connectivity index (χ0n) is 17.4. The number of carbonyl (C=O) groups excluding carboxylic acids is 2. The Labute approximate surface area is 172 Å². The fraction of sp³-hybridized carbons (Fsp3) is 0.778. The Hall–Kier alpha value is -2.40. The number of carboxylic acid groups (broad SMARTS) is 1. The highest BCUT2D eigenvalue weighted by Crippen LogP contribution is 2.07. The number of hydrogen-bond acceptors (Lipinski definition) is 6. The largest absolute Gasteiger partial charge is 0.480 e. The van der Waals surface area contributed by atoms with Crippen LogP contribution in [0.25, 0.3) is 0 Å². The molecule has 11 N–H and O–H groups in total. The maximum absolute atomic E-state index is 12.7. The summed E-state index contributed by atoms with van der Waals surface area (Å²) in [6.07, 6.45) is 2.81. The van der Waals surface area contributed by atoms with Crippen molar-refractivity contribution in [3.8, 4) is 0 Å². The number of guanidine groups is 1. The van der Waals surface area contributed by atoms with Crippen molar-refractivity contribution in [2.24, 2.45) is 33.8 Å². The lowest BCUT2D eigenvalue weighted by atomic mass is 10.0. The lowest BCUT2D eigenvalue weighted by molar-refractivity contribution is -0.142. The molecule has 0 aromatic carbocycles. The van der Waals surface area contributed by atoms with E-state index in [1.807, 2.05) is 13.8 Å². The molecule has 168 valence electrons. The van der Waals surface area contributed by atoms with Crippen LogP contribution in [-0.2, 0) is 14.4 Å². The van der Waals surface area contributed by atoms with Gasteiger partial charge >= 0.3 is 5.97 Å². The van der Waals surface area contributed by atoms with Gasteiger partial charge < -0.3 is 38.7 Å². The van der Waals surface area contributed by atoms with Crippen LogP contribution in [0.3, 0.4) is 0 Å². The third-order valence-corrected chi connectivity index (χ3v) is 4.21. The molecule has 3 unspecified atom stereocenters. The smallest absolute Gasteiger partial charge is 0.326 e. The van der Waals surface area contributed by atoms with E-state index in [1.54, 1.807) is 0 Å². The standard InChI is InChI=1S/C18H37N7O4/c1-11(2)10-14(17(28)29)25-16(27)13(7-5-9-23-18(21)22)24-15(26)12(20)6-3-4-8-19/h11-14H,3-10,19-20H2,1-2H3,(H,24,26)(H,25,27)(H,28,29)(H4,21,22,23). The Morgan fingerprint density at radius 2 is 1.59 bits per heavy atom. The van der Waals surface area contributed by atoms with Crippen molar-refractivity contribution in [3.05, 3.63) is 0 Å². The van der Waals surface area contributed by atoms with E-state index in [2.05, 4.69) is 15.6 Å². The lowest BCUT2D eigenvalue weighted by Crippen LogP contribution is -2.54. The first-order chi connectivity index (χ1) is 13.6. The van der Waals surface area contributed by atoms with E-state index in [9.17, 15) is 19.5 Å². The highest BCUT2D eigenvalue weighted by molar-refractivity contribution is 5.91. The van der Waals surface area contributed by atoms with Crippen LogP contribution in [0.4, 0.5) is 0 Å². The molecule has 0 aromatic rings. The minimum Gasteiger partial charge on any atom is -0.480 e. The van der Waals surface area contributed by atoms with Crippen LogP contribution < -0.4 is 33.6 Å². The van der Waals surface area contributed by atoms with Gasteiger partial charge in [-0.2, -0.15) is 0 Å². The molecule has 0 saturated carbocycles. The summed E-state index contributed by atoms with van der Waals surface area (Å²) in [5, 5.41) is 14.5. The third kappa shape index (κ3) is 12.6. The van der Waals surface area contributed by atoms with Gasteiger partial charge in [-0.15, -0.1) is 0 Å². The van der Waals surface area contributed by atoms with Gasteiger partial charge in [0.25, 0.3) is 0 Å². The van der Waals surface area contributed by atoms with Crippen molar-refractivity contribution in [1.82, 2.24) is 10.6 Å². The van der Waals surface area contributed by atoms with Gasteiger partial charge in [-0.05, 0) is 44.6 Å². The quantitative estimate of drug-likeness (QED) is 0.0956. The molecular formula is C18H37N7O4. The summed E-state index contributed by atoms with van der Waals surface area (Å²) in [5.74, 6) is -2.18. The molecule has 29 heavy (non-hydrogen) atoms. The predicted octanol–water partition coefficient (Wildman–Crippen LogP) is -1.40. The highest BCUT2D eigenvalue weighted by atomic mass is 16.4. The number of amides is 2. The van der Waals surface area contributed by atoms with E-state index in [1.165, 1.54) is 0 Å². The molecule has 0 radical (unpaired) electrons. The van der Waals surface area contributed by atoms with Gasteiger partial charge in [-0.1, -0.05) is 20.3 Å². The molecule has 0 saturated heterocycles. The Bertz CT molecular complexity index is 550. The maximum Gasteiger partial charge on any atom is 0.326 e. The van der Waals surface area contributed by atoms with Crippen LogP contribution in [0.1, 0.15) is 52.4 Å². The second-order valence-electron chi connectivity index (χ2n) is 7.43. The number of nitrogens with zero attached hydrogens (tertiary/aromatic N) is 1. The summed E-state index contributed by atoms with van der Waals surface area (Å²) in [6, 6.07) is -2.76. The van der Waals surface area contributed by atoms with Gasteiger partial charge in [0.1, 0.15) is 12.1 Å². The van der Waals surface area contributed by atoms with Crippen molar-refractivity contribution in [2.45, 2.75) is 70.5 Å². The molecule has 3 atom stereocenters. The fourth-order valence-corrected chi connectivity index (χ4v) is 2.66. The van der Waals surface area contributed by atoms with Crippen LogP contribution in [0.5, 0.6) is 0 Å². The van der Waals surface area contributed by atoms with Gasteiger partial charge in [0.2, 0.25) is 11.8 Å². The van der Waals surface area contributed by atoms with Crippen LogP contribution in [-0.4, -0.2) is 60.1 Å². The number of carbonyl (C=O) groups is 3. The molecule has 11 nitrogen and oxygen atoms in total. The van der Waals surface area contributed by atoms with Crippen molar-refractivity contribution >= 4 is 23.7 Å². The number of aliphatic carboxylic acids is 1.